The molecular weight excluding hydrogens is 537 g/mol. The third-order valence-corrected chi connectivity index (χ3v) is 8.59. The fourth-order valence-electron chi connectivity index (χ4n) is 6.90. The molecule has 0 unspecified atom stereocenters. The number of halogens is 1. The molecule has 1 fully saturated rings. The van der Waals surface area contributed by atoms with Gasteiger partial charge < -0.3 is 10.2 Å². The van der Waals surface area contributed by atoms with Gasteiger partial charge in [0.15, 0.2) is 11.6 Å². The Morgan fingerprint density at radius 1 is 0.881 bits per heavy atom. The monoisotopic (exact) mass is 559 g/mol. The fraction of sp³-hybridized carbons (Fsp3) is 0.121. The number of rotatable bonds is 5. The van der Waals surface area contributed by atoms with Crippen molar-refractivity contribution >= 4 is 34.9 Å². The maximum absolute atomic E-state index is 14.6. The van der Waals surface area contributed by atoms with E-state index in [4.69, 9.17) is 0 Å². The Bertz CT molecular complexity index is 1850. The Morgan fingerprint density at radius 2 is 1.62 bits per heavy atom. The lowest BCUT2D eigenvalue weighted by atomic mass is 9.62. The number of carbonyl (C=O) groups is 3. The number of benzene rings is 4. The molecule has 0 aliphatic carbocycles. The van der Waals surface area contributed by atoms with Crippen LogP contribution in [0, 0.1) is 21.8 Å². The van der Waals surface area contributed by atoms with Crippen LogP contribution in [0.3, 0.4) is 0 Å². The fourth-order valence-corrected chi connectivity index (χ4v) is 6.90. The first-order valence-electron chi connectivity index (χ1n) is 13.4. The van der Waals surface area contributed by atoms with Gasteiger partial charge in [-0.25, -0.2) is 4.39 Å². The number of carbonyl (C=O) groups excluding carboxylic acids is 3. The van der Waals surface area contributed by atoms with Gasteiger partial charge in [0.2, 0.25) is 5.91 Å². The van der Waals surface area contributed by atoms with Crippen molar-refractivity contribution in [1.29, 1.82) is 0 Å². The third-order valence-electron chi connectivity index (χ3n) is 8.59. The van der Waals surface area contributed by atoms with Gasteiger partial charge in [-0.1, -0.05) is 54.6 Å². The molecule has 8 nitrogen and oxygen atoms in total. The highest BCUT2D eigenvalue weighted by Crippen LogP contribution is 2.62. The molecule has 0 aromatic heterocycles. The molecule has 1 saturated heterocycles. The molecule has 3 heterocycles. The second-order valence-electron chi connectivity index (χ2n) is 10.6. The van der Waals surface area contributed by atoms with Crippen LogP contribution < -0.4 is 5.32 Å². The lowest BCUT2D eigenvalue weighted by Gasteiger charge is -2.38. The lowest BCUT2D eigenvalue weighted by Crippen LogP contribution is -2.49. The van der Waals surface area contributed by atoms with E-state index in [-0.39, 0.29) is 16.8 Å². The molecule has 1 N–H and O–H groups in total. The van der Waals surface area contributed by atoms with Crippen LogP contribution in [0.25, 0.3) is 6.08 Å². The maximum Gasteiger partial charge on any atom is 0.270 e. The molecule has 7 rings (SSSR count). The molecule has 42 heavy (non-hydrogen) atoms. The number of fused-ring (bicyclic) bond motifs is 6. The van der Waals surface area contributed by atoms with Gasteiger partial charge in [0.05, 0.1) is 16.9 Å². The number of nitrogens with one attached hydrogen (secondary N) is 1. The Morgan fingerprint density at radius 3 is 2.40 bits per heavy atom. The zero-order valence-electron chi connectivity index (χ0n) is 21.9. The lowest BCUT2D eigenvalue weighted by molar-refractivity contribution is -0.384. The molecule has 1 spiro atoms. The number of para-hydroxylation sites is 1. The summed E-state index contributed by atoms with van der Waals surface area (Å²) >= 11 is 0. The van der Waals surface area contributed by atoms with Crippen LogP contribution in [0.1, 0.15) is 43.4 Å². The number of hydrogen-bond acceptors (Lipinski definition) is 6. The highest BCUT2D eigenvalue weighted by Gasteiger charge is 2.70. The first-order chi connectivity index (χ1) is 20.3. The van der Waals surface area contributed by atoms with Gasteiger partial charge in [-0.3, -0.25) is 24.5 Å². The van der Waals surface area contributed by atoms with Crippen molar-refractivity contribution in [2.24, 2.45) is 5.92 Å². The molecule has 9 heteroatoms. The normalized spacial score (nSPS) is 23.2. The van der Waals surface area contributed by atoms with Crippen molar-refractivity contribution in [3.05, 3.63) is 147 Å². The molecular formula is C33H22FN3O5. The summed E-state index contributed by atoms with van der Waals surface area (Å²) < 4.78 is 13.9. The predicted octanol–water partition coefficient (Wildman–Crippen LogP) is 5.72. The smallest absolute Gasteiger partial charge is 0.270 e. The van der Waals surface area contributed by atoms with Gasteiger partial charge in [0.25, 0.3) is 5.69 Å². The van der Waals surface area contributed by atoms with Crippen LogP contribution in [0.15, 0.2) is 103 Å². The Hall–Kier alpha value is -5.44. The number of Topliss-reactive ketones (excluding diaryl/α,β-unsaturated/α-hetero) is 2. The Balaban J connectivity index is 1.53. The molecule has 206 valence electrons. The van der Waals surface area contributed by atoms with Crippen molar-refractivity contribution in [2.45, 2.75) is 17.5 Å². The van der Waals surface area contributed by atoms with E-state index in [9.17, 15) is 28.9 Å². The second kappa shape index (κ2) is 9.31. The average molecular weight is 560 g/mol. The minimum atomic E-state index is -1.55. The zero-order chi connectivity index (χ0) is 29.2. The Labute approximate surface area is 239 Å². The van der Waals surface area contributed by atoms with Gasteiger partial charge in [0, 0.05) is 35.1 Å². The zero-order valence-corrected chi connectivity index (χ0v) is 21.9. The van der Waals surface area contributed by atoms with Gasteiger partial charge in [0.1, 0.15) is 17.3 Å². The van der Waals surface area contributed by atoms with Crippen molar-refractivity contribution < 1.29 is 23.7 Å². The second-order valence-corrected chi connectivity index (χ2v) is 10.6. The molecule has 4 atom stereocenters. The molecule has 3 aliphatic rings. The summed E-state index contributed by atoms with van der Waals surface area (Å²) in [4.78, 5) is 56.3. The average Bonchev–Trinajstić information content (AvgIpc) is 3.49. The molecule has 3 aliphatic heterocycles. The van der Waals surface area contributed by atoms with E-state index in [1.807, 2.05) is 30.3 Å². The highest BCUT2D eigenvalue weighted by atomic mass is 19.1. The topological polar surface area (TPSA) is 110 Å². The maximum atomic E-state index is 14.6. The molecule has 0 saturated carbocycles. The number of amides is 1. The summed E-state index contributed by atoms with van der Waals surface area (Å²) in [6.07, 6.45) is 3.55. The summed E-state index contributed by atoms with van der Waals surface area (Å²) in [5.41, 5.74) is 1.08. The first-order valence-corrected chi connectivity index (χ1v) is 13.4. The quantitative estimate of drug-likeness (QED) is 0.190. The predicted molar refractivity (Wildman–Crippen MR) is 152 cm³/mol. The summed E-state index contributed by atoms with van der Waals surface area (Å²) in [5, 5.41) is 14.5. The van der Waals surface area contributed by atoms with Gasteiger partial charge in [-0.05, 0) is 53.1 Å². The van der Waals surface area contributed by atoms with Gasteiger partial charge in [-0.2, -0.15) is 0 Å². The van der Waals surface area contributed by atoms with Crippen LogP contribution in [0.4, 0.5) is 15.8 Å². The van der Waals surface area contributed by atoms with Crippen molar-refractivity contribution in [2.75, 3.05) is 5.32 Å². The van der Waals surface area contributed by atoms with Crippen LogP contribution in [0.2, 0.25) is 0 Å². The SMILES string of the molecule is O=C(c1ccc(F)cc1)[C@@H]1[C@H](C(=O)c2cccc([N+](=O)[O-])c2)N2C=Cc3ccccc3[C@H]2[C@]12C(=O)Nc1ccccc12. The molecule has 0 radical (unpaired) electrons. The summed E-state index contributed by atoms with van der Waals surface area (Å²) in [5.74, 6) is -3.28. The number of nitrogens with zero attached hydrogens (tertiary/aromatic N) is 2. The van der Waals surface area contributed by atoms with E-state index in [1.165, 1.54) is 36.4 Å². The standard InChI is InChI=1S/C33H22FN3O5/c34-22-14-12-20(13-15-22)29(38)27-28(30(39)21-7-5-8-23(18-21)37(41)42)36-17-16-19-6-1-2-9-24(19)31(36)33(27)25-10-3-4-11-26(25)35-32(33)40/h1-18,27-28,31H,(H,35,40)/t27-,28+,31-,33+/m0/s1. The van der Waals surface area contributed by atoms with Gasteiger partial charge in [-0.15, -0.1) is 0 Å². The Kier molecular flexibility index (Phi) is 5.65. The molecule has 4 aromatic rings. The molecule has 1 amide bonds. The van der Waals surface area contributed by atoms with Gasteiger partial charge >= 0.3 is 0 Å². The minimum absolute atomic E-state index is 0.0425. The van der Waals surface area contributed by atoms with E-state index in [0.29, 0.717) is 11.3 Å². The van der Waals surface area contributed by atoms with E-state index < -0.39 is 51.6 Å². The number of anilines is 1. The van der Waals surface area contributed by atoms with E-state index in [0.717, 1.165) is 23.3 Å². The molecule has 4 aromatic carbocycles. The number of nitro benzene ring substituents is 1. The number of hydrogen-bond donors (Lipinski definition) is 1. The van der Waals surface area contributed by atoms with Crippen LogP contribution in [-0.4, -0.2) is 33.3 Å². The van der Waals surface area contributed by atoms with Crippen molar-refractivity contribution in [3.63, 3.8) is 0 Å². The van der Waals surface area contributed by atoms with Crippen LogP contribution in [0.5, 0.6) is 0 Å². The summed E-state index contributed by atoms with van der Waals surface area (Å²) in [6.45, 7) is 0. The number of ketones is 2. The van der Waals surface area contributed by atoms with Crippen molar-refractivity contribution in [1.82, 2.24) is 4.90 Å². The summed E-state index contributed by atoms with van der Waals surface area (Å²) in [7, 11) is 0. The van der Waals surface area contributed by atoms with Crippen molar-refractivity contribution in [3.8, 4) is 0 Å². The third kappa shape index (κ3) is 3.49. The van der Waals surface area contributed by atoms with Crippen LogP contribution in [-0.2, 0) is 10.2 Å². The number of nitro groups is 1. The minimum Gasteiger partial charge on any atom is -0.358 e. The van der Waals surface area contributed by atoms with E-state index >= 15 is 0 Å². The highest BCUT2D eigenvalue weighted by molar-refractivity contribution is 6.16. The van der Waals surface area contributed by atoms with E-state index in [1.54, 1.807) is 35.4 Å². The molecule has 0 bridgehead atoms. The largest absolute Gasteiger partial charge is 0.358 e. The first kappa shape index (κ1) is 25.5. The van der Waals surface area contributed by atoms with E-state index in [2.05, 4.69) is 5.32 Å². The summed E-state index contributed by atoms with van der Waals surface area (Å²) in [6, 6.07) is 23.0. The van der Waals surface area contributed by atoms with Crippen LogP contribution >= 0.6 is 0 Å². The number of non-ortho nitro benzene ring substituents is 1.